The van der Waals surface area contributed by atoms with Gasteiger partial charge in [0.2, 0.25) is 0 Å². The summed E-state index contributed by atoms with van der Waals surface area (Å²) in [6.07, 6.45) is 4.89. The molecule has 0 saturated heterocycles. The van der Waals surface area contributed by atoms with Gasteiger partial charge < -0.3 is 20.7 Å². The fourth-order valence-electron chi connectivity index (χ4n) is 3.80. The molecule has 0 bridgehead atoms. The number of hydrogen-bond acceptors (Lipinski definition) is 6. The zero-order chi connectivity index (χ0) is 24.3. The van der Waals surface area contributed by atoms with Gasteiger partial charge in [-0.3, -0.25) is 0 Å². The van der Waals surface area contributed by atoms with Crippen LogP contribution in [0.1, 0.15) is 31.5 Å². The van der Waals surface area contributed by atoms with E-state index in [9.17, 15) is 15.0 Å². The first-order valence-electron chi connectivity index (χ1n) is 10.8. The number of fused-ring (bicyclic) bond motifs is 1. The van der Waals surface area contributed by atoms with Gasteiger partial charge in [0.25, 0.3) is 0 Å². The highest BCUT2D eigenvalue weighted by atomic mass is 16.5. The summed E-state index contributed by atoms with van der Waals surface area (Å²) in [6.45, 7) is 3.45. The molecular weight excluding hydrogens is 432 g/mol. The topological polar surface area (TPSA) is 123 Å². The average Bonchev–Trinajstić information content (AvgIpc) is 3.11. The molecule has 174 valence electrons. The number of ether oxygens (including phenoxy) is 1. The molecule has 0 fully saturated rings. The lowest BCUT2D eigenvalue weighted by atomic mass is 9.96. The highest BCUT2D eigenvalue weighted by molar-refractivity contribution is 5.97. The third-order valence-corrected chi connectivity index (χ3v) is 5.38. The Hall–Kier alpha value is -4.17. The number of aliphatic hydroxyl groups is 1. The van der Waals surface area contributed by atoms with Crippen LogP contribution in [0.2, 0.25) is 0 Å². The van der Waals surface area contributed by atoms with Crippen molar-refractivity contribution >= 4 is 23.4 Å². The number of nitrogen functional groups attached to an aromatic ring is 1. The minimum Gasteiger partial charge on any atom is -0.478 e. The molecule has 4 rings (SSSR count). The summed E-state index contributed by atoms with van der Waals surface area (Å²) in [5.74, 6) is 0.586. The number of carboxylic acid groups (broad SMARTS) is 1. The van der Waals surface area contributed by atoms with E-state index in [0.717, 1.165) is 23.1 Å². The van der Waals surface area contributed by atoms with Crippen molar-refractivity contribution in [2.24, 2.45) is 0 Å². The van der Waals surface area contributed by atoms with E-state index >= 15 is 0 Å². The molecule has 4 N–H and O–H groups in total. The van der Waals surface area contributed by atoms with Crippen molar-refractivity contribution in [3.05, 3.63) is 78.3 Å². The summed E-state index contributed by atoms with van der Waals surface area (Å²) in [4.78, 5) is 15.5. The fourth-order valence-corrected chi connectivity index (χ4v) is 3.80. The van der Waals surface area contributed by atoms with Crippen LogP contribution in [0.15, 0.2) is 67.0 Å². The van der Waals surface area contributed by atoms with Crippen molar-refractivity contribution in [1.29, 1.82) is 0 Å². The van der Waals surface area contributed by atoms with E-state index < -0.39 is 11.6 Å². The molecule has 4 aromatic rings. The summed E-state index contributed by atoms with van der Waals surface area (Å²) in [7, 11) is 0. The van der Waals surface area contributed by atoms with Gasteiger partial charge in [0.05, 0.1) is 11.3 Å². The molecule has 2 aromatic carbocycles. The number of aromatic nitrogens is 3. The van der Waals surface area contributed by atoms with Gasteiger partial charge >= 0.3 is 5.97 Å². The number of aliphatic carboxylic acids is 1. The number of para-hydroxylation sites is 1. The Morgan fingerprint density at radius 3 is 2.44 bits per heavy atom. The lowest BCUT2D eigenvalue weighted by molar-refractivity contribution is -0.131. The lowest BCUT2D eigenvalue weighted by Gasteiger charge is -2.16. The van der Waals surface area contributed by atoms with Crippen molar-refractivity contribution in [3.8, 4) is 22.6 Å². The molecule has 2 aromatic heterocycles. The number of carbonyl (C=O) groups is 1. The highest BCUT2D eigenvalue weighted by Crippen LogP contribution is 2.38. The Morgan fingerprint density at radius 1 is 1.12 bits per heavy atom. The molecule has 34 heavy (non-hydrogen) atoms. The summed E-state index contributed by atoms with van der Waals surface area (Å²) in [5, 5.41) is 24.0. The number of carboxylic acids is 1. The number of benzene rings is 2. The first kappa shape index (κ1) is 23.0. The molecule has 0 aliphatic rings. The van der Waals surface area contributed by atoms with Gasteiger partial charge in [-0.05, 0) is 62.6 Å². The smallest absolute Gasteiger partial charge is 0.328 e. The van der Waals surface area contributed by atoms with Crippen LogP contribution in [-0.2, 0) is 11.2 Å². The van der Waals surface area contributed by atoms with Gasteiger partial charge in [-0.1, -0.05) is 30.3 Å². The maximum atomic E-state index is 11.3. The standard InChI is InChI=1S/C26H26N4O4/c1-26(2,33)15-14-21-20(12-13-22(31)32)23(24-25(27)28-16-29-30(21)24)17-8-10-19(11-9-17)34-18-6-4-3-5-7-18/h3-13,16,33H,14-15H2,1-2H3,(H,31,32)(H2,27,28,29). The molecule has 0 saturated carbocycles. The average molecular weight is 459 g/mol. The maximum absolute atomic E-state index is 11.3. The van der Waals surface area contributed by atoms with E-state index in [2.05, 4.69) is 10.1 Å². The summed E-state index contributed by atoms with van der Waals surface area (Å²) in [6, 6.07) is 16.9. The number of aryl methyl sites for hydroxylation is 1. The van der Waals surface area contributed by atoms with Gasteiger partial charge in [0.15, 0.2) is 5.82 Å². The highest BCUT2D eigenvalue weighted by Gasteiger charge is 2.23. The predicted molar refractivity (Wildman–Crippen MR) is 131 cm³/mol. The van der Waals surface area contributed by atoms with Crippen LogP contribution in [0.4, 0.5) is 5.82 Å². The number of nitrogens with zero attached hydrogens (tertiary/aromatic N) is 3. The first-order valence-corrected chi connectivity index (χ1v) is 10.8. The Balaban J connectivity index is 1.85. The van der Waals surface area contributed by atoms with Crippen LogP contribution in [-0.4, -0.2) is 36.4 Å². The zero-order valence-corrected chi connectivity index (χ0v) is 19.0. The Kier molecular flexibility index (Phi) is 6.34. The molecule has 0 unspecified atom stereocenters. The quantitative estimate of drug-likeness (QED) is 0.330. The Morgan fingerprint density at radius 2 is 1.79 bits per heavy atom. The lowest BCUT2D eigenvalue weighted by Crippen LogP contribution is -2.20. The minimum atomic E-state index is -1.07. The van der Waals surface area contributed by atoms with Crippen LogP contribution in [0.25, 0.3) is 22.7 Å². The van der Waals surface area contributed by atoms with E-state index in [1.54, 1.807) is 24.4 Å². The van der Waals surface area contributed by atoms with Crippen LogP contribution in [0.5, 0.6) is 11.5 Å². The van der Waals surface area contributed by atoms with Crippen LogP contribution in [0.3, 0.4) is 0 Å². The molecule has 8 nitrogen and oxygen atoms in total. The second kappa shape index (κ2) is 9.36. The second-order valence-corrected chi connectivity index (χ2v) is 8.56. The SMILES string of the molecule is CC(C)(O)CCc1c(C=CC(=O)O)c(-c2ccc(Oc3ccccc3)cc2)c2c(N)ncnn12. The zero-order valence-electron chi connectivity index (χ0n) is 19.0. The summed E-state index contributed by atoms with van der Waals surface area (Å²) < 4.78 is 7.58. The number of nitrogens with two attached hydrogens (primary N) is 1. The normalized spacial score (nSPS) is 11.9. The maximum Gasteiger partial charge on any atom is 0.328 e. The van der Waals surface area contributed by atoms with Crippen molar-refractivity contribution < 1.29 is 19.7 Å². The summed E-state index contributed by atoms with van der Waals surface area (Å²) >= 11 is 0. The van der Waals surface area contributed by atoms with Crippen molar-refractivity contribution in [2.45, 2.75) is 32.3 Å². The number of rotatable bonds is 8. The Bertz CT molecular complexity index is 1340. The third kappa shape index (κ3) is 5.07. The second-order valence-electron chi connectivity index (χ2n) is 8.56. The van der Waals surface area contributed by atoms with Crippen molar-refractivity contribution in [1.82, 2.24) is 14.6 Å². The van der Waals surface area contributed by atoms with Crippen LogP contribution >= 0.6 is 0 Å². The molecule has 0 aliphatic heterocycles. The molecule has 2 heterocycles. The molecule has 0 aliphatic carbocycles. The van der Waals surface area contributed by atoms with Gasteiger partial charge in [-0.25, -0.2) is 14.3 Å². The Labute approximate surface area is 197 Å². The van der Waals surface area contributed by atoms with E-state index in [1.807, 2.05) is 54.6 Å². The number of anilines is 1. The van der Waals surface area contributed by atoms with E-state index in [1.165, 1.54) is 6.33 Å². The molecule has 0 spiro atoms. The molecule has 8 heteroatoms. The van der Waals surface area contributed by atoms with E-state index in [0.29, 0.717) is 35.2 Å². The van der Waals surface area contributed by atoms with Crippen LogP contribution in [0, 0.1) is 0 Å². The monoisotopic (exact) mass is 458 g/mol. The van der Waals surface area contributed by atoms with Crippen LogP contribution < -0.4 is 10.5 Å². The van der Waals surface area contributed by atoms with Crippen molar-refractivity contribution in [2.75, 3.05) is 5.73 Å². The van der Waals surface area contributed by atoms with Crippen molar-refractivity contribution in [3.63, 3.8) is 0 Å². The van der Waals surface area contributed by atoms with Gasteiger partial charge in [-0.15, -0.1) is 0 Å². The molecule has 0 amide bonds. The van der Waals surface area contributed by atoms with Gasteiger partial charge in [0, 0.05) is 17.2 Å². The van der Waals surface area contributed by atoms with Gasteiger partial charge in [0.1, 0.15) is 23.3 Å². The minimum absolute atomic E-state index is 0.272. The summed E-state index contributed by atoms with van der Waals surface area (Å²) in [5.41, 5.74) is 8.85. The molecule has 0 atom stereocenters. The third-order valence-electron chi connectivity index (χ3n) is 5.38. The number of hydrogen-bond donors (Lipinski definition) is 3. The fraction of sp³-hybridized carbons (Fsp3) is 0.192. The largest absolute Gasteiger partial charge is 0.478 e. The molecular formula is C26H26N4O4. The van der Waals surface area contributed by atoms with E-state index in [4.69, 9.17) is 10.5 Å². The predicted octanol–water partition coefficient (Wildman–Crippen LogP) is 4.57. The molecule has 0 radical (unpaired) electrons. The first-order chi connectivity index (χ1) is 16.2. The van der Waals surface area contributed by atoms with E-state index in [-0.39, 0.29) is 5.82 Å². The van der Waals surface area contributed by atoms with Gasteiger partial charge in [-0.2, -0.15) is 5.10 Å².